The van der Waals surface area contributed by atoms with E-state index in [1.165, 1.54) is 4.68 Å². The lowest BCUT2D eigenvalue weighted by molar-refractivity contribution is -0.116. The van der Waals surface area contributed by atoms with Gasteiger partial charge in [0.1, 0.15) is 11.6 Å². The Bertz CT molecular complexity index is 1090. The molecule has 2 N–H and O–H groups in total. The molecular weight excluding hydrogens is 420 g/mol. The number of nitrogens with zero attached hydrogens (tertiary/aromatic N) is 4. The lowest BCUT2D eigenvalue weighted by Crippen LogP contribution is -2.26. The van der Waals surface area contributed by atoms with Crippen LogP contribution in [0.2, 0.25) is 0 Å². The van der Waals surface area contributed by atoms with Gasteiger partial charge in [0.25, 0.3) is 11.9 Å². The van der Waals surface area contributed by atoms with Gasteiger partial charge in [-0.05, 0) is 31.5 Å². The minimum Gasteiger partial charge on any atom is -0.493 e. The van der Waals surface area contributed by atoms with Gasteiger partial charge < -0.3 is 15.4 Å². The number of benzene rings is 1. The number of anilines is 1. The van der Waals surface area contributed by atoms with Crippen molar-refractivity contribution in [1.29, 1.82) is 0 Å². The fourth-order valence-corrected chi connectivity index (χ4v) is 3.08. The van der Waals surface area contributed by atoms with Crippen molar-refractivity contribution in [2.24, 2.45) is 0 Å². The van der Waals surface area contributed by atoms with Crippen LogP contribution in [0.5, 0.6) is 5.75 Å². The molecule has 2 amide bonds. The molecule has 0 aliphatic rings. The standard InChI is InChI=1S/C24H30N6O3/c1-5-33-18-11-7-6-10-17(18)22(32)25-13-8-12-21(31)28-20-16-19(24(2,3)4)29-30(20)23-26-14-9-15-27-23/h6-7,9-11,14-16H,5,8,12-13H2,1-4H3,(H,25,32)(H,28,31). The second-order valence-electron chi connectivity index (χ2n) is 8.46. The molecule has 0 saturated carbocycles. The Morgan fingerprint density at radius 3 is 2.52 bits per heavy atom. The smallest absolute Gasteiger partial charge is 0.255 e. The molecule has 1 aromatic carbocycles. The summed E-state index contributed by atoms with van der Waals surface area (Å²) >= 11 is 0. The fraction of sp³-hybridized carbons (Fsp3) is 0.375. The van der Waals surface area contributed by atoms with Crippen LogP contribution in [0.3, 0.4) is 0 Å². The highest BCUT2D eigenvalue weighted by Crippen LogP contribution is 2.25. The number of hydrogen-bond acceptors (Lipinski definition) is 6. The van der Waals surface area contributed by atoms with E-state index in [4.69, 9.17) is 4.74 Å². The van der Waals surface area contributed by atoms with Crippen LogP contribution in [-0.4, -0.2) is 44.7 Å². The molecular formula is C24H30N6O3. The molecule has 2 heterocycles. The van der Waals surface area contributed by atoms with Crippen molar-refractivity contribution in [3.8, 4) is 11.7 Å². The van der Waals surface area contributed by atoms with Crippen molar-refractivity contribution in [3.05, 3.63) is 60.0 Å². The van der Waals surface area contributed by atoms with Gasteiger partial charge in [0.15, 0.2) is 0 Å². The van der Waals surface area contributed by atoms with Gasteiger partial charge in [-0.2, -0.15) is 9.78 Å². The Labute approximate surface area is 193 Å². The van der Waals surface area contributed by atoms with E-state index in [9.17, 15) is 9.59 Å². The Hall–Kier alpha value is -3.75. The van der Waals surface area contributed by atoms with Crippen LogP contribution in [0, 0.1) is 0 Å². The summed E-state index contributed by atoms with van der Waals surface area (Å²) < 4.78 is 7.03. The molecule has 0 atom stereocenters. The minimum absolute atomic E-state index is 0.184. The zero-order chi connectivity index (χ0) is 23.8. The maximum absolute atomic E-state index is 12.6. The van der Waals surface area contributed by atoms with E-state index in [1.807, 2.05) is 39.8 Å². The van der Waals surface area contributed by atoms with Crippen molar-refractivity contribution in [2.75, 3.05) is 18.5 Å². The highest BCUT2D eigenvalue weighted by atomic mass is 16.5. The molecule has 0 fully saturated rings. The maximum atomic E-state index is 12.6. The fourth-order valence-electron chi connectivity index (χ4n) is 3.08. The number of ether oxygens (including phenoxy) is 1. The predicted octanol–water partition coefficient (Wildman–Crippen LogP) is 3.51. The molecule has 3 rings (SSSR count). The topological polar surface area (TPSA) is 111 Å². The van der Waals surface area contributed by atoms with Gasteiger partial charge in [-0.3, -0.25) is 9.59 Å². The van der Waals surface area contributed by atoms with Crippen molar-refractivity contribution in [2.45, 2.75) is 46.0 Å². The summed E-state index contributed by atoms with van der Waals surface area (Å²) in [5.41, 5.74) is 1.08. The van der Waals surface area contributed by atoms with E-state index in [0.29, 0.717) is 42.7 Å². The molecule has 0 unspecified atom stereocenters. The Morgan fingerprint density at radius 1 is 1.09 bits per heavy atom. The van der Waals surface area contributed by atoms with Gasteiger partial charge in [0, 0.05) is 36.8 Å². The average Bonchev–Trinajstić information content (AvgIpc) is 3.22. The molecule has 33 heavy (non-hydrogen) atoms. The summed E-state index contributed by atoms with van der Waals surface area (Å²) in [5, 5.41) is 10.3. The first-order chi connectivity index (χ1) is 15.8. The number of hydrogen-bond donors (Lipinski definition) is 2. The third-order valence-electron chi connectivity index (χ3n) is 4.78. The summed E-state index contributed by atoms with van der Waals surface area (Å²) in [7, 11) is 0. The van der Waals surface area contributed by atoms with Crippen molar-refractivity contribution in [3.63, 3.8) is 0 Å². The molecule has 0 spiro atoms. The Kier molecular flexibility index (Phi) is 7.76. The number of nitrogens with one attached hydrogen (secondary N) is 2. The van der Waals surface area contributed by atoms with Crippen molar-refractivity contribution in [1.82, 2.24) is 25.1 Å². The summed E-state index contributed by atoms with van der Waals surface area (Å²) in [6.07, 6.45) is 3.97. The van der Waals surface area contributed by atoms with E-state index < -0.39 is 0 Å². The van der Waals surface area contributed by atoms with E-state index >= 15 is 0 Å². The first-order valence-corrected chi connectivity index (χ1v) is 11.0. The molecule has 0 bridgehead atoms. The summed E-state index contributed by atoms with van der Waals surface area (Å²) in [6.45, 7) is 8.84. The lowest BCUT2D eigenvalue weighted by atomic mass is 9.92. The van der Waals surface area contributed by atoms with Crippen LogP contribution in [0.1, 0.15) is 56.6 Å². The van der Waals surface area contributed by atoms with Gasteiger partial charge in [-0.15, -0.1) is 0 Å². The number of carbonyl (C=O) groups excluding carboxylic acids is 2. The number of para-hydroxylation sites is 1. The van der Waals surface area contributed by atoms with Gasteiger partial charge in [0.05, 0.1) is 17.9 Å². The average molecular weight is 451 g/mol. The van der Waals surface area contributed by atoms with Gasteiger partial charge in [-0.25, -0.2) is 9.97 Å². The SMILES string of the molecule is CCOc1ccccc1C(=O)NCCCC(=O)Nc1cc(C(C)(C)C)nn1-c1ncccn1. The zero-order valence-electron chi connectivity index (χ0n) is 19.5. The van der Waals surface area contributed by atoms with Crippen LogP contribution in [0.4, 0.5) is 5.82 Å². The molecule has 174 valence electrons. The zero-order valence-corrected chi connectivity index (χ0v) is 19.5. The molecule has 0 saturated heterocycles. The van der Waals surface area contributed by atoms with Crippen LogP contribution in [0.15, 0.2) is 48.8 Å². The van der Waals surface area contributed by atoms with Crippen LogP contribution >= 0.6 is 0 Å². The van der Waals surface area contributed by atoms with E-state index in [0.717, 1.165) is 5.69 Å². The van der Waals surface area contributed by atoms with Gasteiger partial charge in [-0.1, -0.05) is 32.9 Å². The maximum Gasteiger partial charge on any atom is 0.255 e. The molecule has 2 aromatic heterocycles. The molecule has 9 heteroatoms. The molecule has 0 aliphatic heterocycles. The number of aromatic nitrogens is 4. The third kappa shape index (κ3) is 6.38. The van der Waals surface area contributed by atoms with Crippen LogP contribution in [-0.2, 0) is 10.2 Å². The first kappa shape index (κ1) is 23.9. The normalized spacial score (nSPS) is 11.2. The van der Waals surface area contributed by atoms with Crippen LogP contribution in [0.25, 0.3) is 5.95 Å². The van der Waals surface area contributed by atoms with Gasteiger partial charge in [0.2, 0.25) is 5.91 Å². The Morgan fingerprint density at radius 2 is 1.82 bits per heavy atom. The van der Waals surface area contributed by atoms with E-state index in [1.54, 1.807) is 36.7 Å². The summed E-state index contributed by atoms with van der Waals surface area (Å²) in [4.78, 5) is 33.5. The van der Waals surface area contributed by atoms with Crippen molar-refractivity contribution < 1.29 is 14.3 Å². The highest BCUT2D eigenvalue weighted by molar-refractivity contribution is 5.97. The largest absolute Gasteiger partial charge is 0.493 e. The quantitative estimate of drug-likeness (QED) is 0.483. The van der Waals surface area contributed by atoms with E-state index in [2.05, 4.69) is 25.7 Å². The second kappa shape index (κ2) is 10.7. The molecule has 9 nitrogen and oxygen atoms in total. The monoisotopic (exact) mass is 450 g/mol. The summed E-state index contributed by atoms with van der Waals surface area (Å²) in [6, 6.07) is 10.6. The molecule has 0 radical (unpaired) electrons. The lowest BCUT2D eigenvalue weighted by Gasteiger charge is -2.13. The summed E-state index contributed by atoms with van der Waals surface area (Å²) in [5.74, 6) is 1.01. The predicted molar refractivity (Wildman–Crippen MR) is 126 cm³/mol. The molecule has 0 aliphatic carbocycles. The van der Waals surface area contributed by atoms with Gasteiger partial charge >= 0.3 is 0 Å². The third-order valence-corrected chi connectivity index (χ3v) is 4.78. The number of amides is 2. The number of rotatable bonds is 9. The minimum atomic E-state index is -0.228. The first-order valence-electron chi connectivity index (χ1n) is 11.0. The highest BCUT2D eigenvalue weighted by Gasteiger charge is 2.22. The van der Waals surface area contributed by atoms with Crippen molar-refractivity contribution >= 4 is 17.6 Å². The number of carbonyl (C=O) groups is 2. The van der Waals surface area contributed by atoms with Crippen LogP contribution < -0.4 is 15.4 Å². The second-order valence-corrected chi connectivity index (χ2v) is 8.46. The Balaban J connectivity index is 1.58. The van der Waals surface area contributed by atoms with E-state index in [-0.39, 0.29) is 23.7 Å². The molecule has 3 aromatic rings.